The van der Waals surface area contributed by atoms with Crippen LogP contribution in [-0.4, -0.2) is 48.1 Å². The number of sulfonamides is 1. The molecule has 2 heterocycles. The van der Waals surface area contributed by atoms with E-state index in [0.29, 0.717) is 25.9 Å². The fraction of sp³-hybridized carbons (Fsp3) is 0.583. The summed E-state index contributed by atoms with van der Waals surface area (Å²) >= 11 is 0.909. The number of thiophene rings is 1. The molecule has 20 heavy (non-hydrogen) atoms. The zero-order chi connectivity index (χ0) is 14.9. The largest absolute Gasteiger partial charge is 0.477 e. The molecule has 0 radical (unpaired) electrons. The monoisotopic (exact) mass is 319 g/mol. The smallest absolute Gasteiger partial charge is 0.345 e. The third kappa shape index (κ3) is 3.03. The van der Waals surface area contributed by atoms with Crippen molar-refractivity contribution in [2.75, 3.05) is 13.1 Å². The van der Waals surface area contributed by atoms with Crippen LogP contribution < -0.4 is 0 Å². The zero-order valence-electron chi connectivity index (χ0n) is 11.0. The lowest BCUT2D eigenvalue weighted by Crippen LogP contribution is -2.40. The predicted octanol–water partition coefficient (Wildman–Crippen LogP) is 1.23. The Bertz CT molecular complexity index is 585. The third-order valence-corrected chi connectivity index (χ3v) is 6.55. The summed E-state index contributed by atoms with van der Waals surface area (Å²) in [5.74, 6) is -0.997. The first-order valence-corrected chi connectivity index (χ1v) is 8.64. The van der Waals surface area contributed by atoms with Crippen LogP contribution in [0.3, 0.4) is 0 Å². The van der Waals surface area contributed by atoms with Crippen molar-refractivity contribution in [3.8, 4) is 0 Å². The normalized spacial score (nSPS) is 19.9. The van der Waals surface area contributed by atoms with E-state index >= 15 is 0 Å². The van der Waals surface area contributed by atoms with Gasteiger partial charge >= 0.3 is 5.97 Å². The highest BCUT2D eigenvalue weighted by Gasteiger charge is 2.31. The van der Waals surface area contributed by atoms with Crippen LogP contribution in [0.25, 0.3) is 0 Å². The summed E-state index contributed by atoms with van der Waals surface area (Å²) in [4.78, 5) is 10.9. The molecule has 1 fully saturated rings. The summed E-state index contributed by atoms with van der Waals surface area (Å²) in [6, 6.07) is 1.20. The van der Waals surface area contributed by atoms with Gasteiger partial charge in [-0.2, -0.15) is 4.31 Å². The average molecular weight is 319 g/mol. The molecule has 1 aliphatic rings. The Balaban J connectivity index is 2.13. The highest BCUT2D eigenvalue weighted by atomic mass is 32.2. The van der Waals surface area contributed by atoms with E-state index in [1.54, 1.807) is 6.92 Å². The Morgan fingerprint density at radius 3 is 2.50 bits per heavy atom. The van der Waals surface area contributed by atoms with Crippen molar-refractivity contribution in [2.24, 2.45) is 5.92 Å². The second-order valence-corrected chi connectivity index (χ2v) is 7.78. The van der Waals surface area contributed by atoms with Crippen LogP contribution >= 0.6 is 11.3 Å². The van der Waals surface area contributed by atoms with E-state index in [0.717, 1.165) is 11.3 Å². The number of carboxylic acid groups (broad SMARTS) is 1. The van der Waals surface area contributed by atoms with Crippen molar-refractivity contribution in [1.29, 1.82) is 0 Å². The third-order valence-electron chi connectivity index (χ3n) is 3.60. The van der Waals surface area contributed by atoms with Gasteiger partial charge in [-0.15, -0.1) is 11.3 Å². The van der Waals surface area contributed by atoms with E-state index in [4.69, 9.17) is 5.11 Å². The van der Waals surface area contributed by atoms with E-state index in [2.05, 4.69) is 0 Å². The molecule has 112 valence electrons. The molecular weight excluding hydrogens is 302 g/mol. The molecule has 8 heteroatoms. The summed E-state index contributed by atoms with van der Waals surface area (Å²) in [6.07, 6.45) is 0.805. The van der Waals surface area contributed by atoms with Gasteiger partial charge in [-0.1, -0.05) is 0 Å². The van der Waals surface area contributed by atoms with Crippen molar-refractivity contribution < 1.29 is 23.4 Å². The first-order chi connectivity index (χ1) is 9.32. The van der Waals surface area contributed by atoms with Crippen molar-refractivity contribution in [1.82, 2.24) is 4.31 Å². The molecule has 1 aromatic heterocycles. The van der Waals surface area contributed by atoms with Gasteiger partial charge in [-0.05, 0) is 31.7 Å². The average Bonchev–Trinajstić information content (AvgIpc) is 2.89. The first-order valence-electron chi connectivity index (χ1n) is 6.32. The Kier molecular flexibility index (Phi) is 4.48. The molecule has 6 nitrogen and oxygen atoms in total. The second kappa shape index (κ2) is 5.80. The molecule has 0 aliphatic carbocycles. The van der Waals surface area contributed by atoms with Crippen LogP contribution in [-0.2, 0) is 10.0 Å². The minimum atomic E-state index is -3.63. The number of aromatic carboxylic acids is 1. The predicted molar refractivity (Wildman–Crippen MR) is 74.4 cm³/mol. The molecule has 0 spiro atoms. The fourth-order valence-corrected chi connectivity index (χ4v) is 4.88. The molecule has 2 N–H and O–H groups in total. The summed E-state index contributed by atoms with van der Waals surface area (Å²) < 4.78 is 26.1. The number of carbonyl (C=O) groups is 1. The van der Waals surface area contributed by atoms with Crippen molar-refractivity contribution in [3.63, 3.8) is 0 Å². The number of hydrogen-bond acceptors (Lipinski definition) is 5. The lowest BCUT2D eigenvalue weighted by molar-refractivity contribution is 0.0702. The molecule has 1 saturated heterocycles. The van der Waals surface area contributed by atoms with Crippen LogP contribution in [0.2, 0.25) is 0 Å². The molecule has 2 rings (SSSR count). The molecular formula is C12H17NO5S2. The topological polar surface area (TPSA) is 94.9 Å². The van der Waals surface area contributed by atoms with Gasteiger partial charge in [0.1, 0.15) is 4.88 Å². The van der Waals surface area contributed by atoms with E-state index in [1.807, 2.05) is 0 Å². The van der Waals surface area contributed by atoms with Crippen LogP contribution in [0.1, 0.15) is 29.4 Å². The van der Waals surface area contributed by atoms with Crippen molar-refractivity contribution in [3.05, 3.63) is 16.3 Å². The number of nitrogens with zero attached hydrogens (tertiary/aromatic N) is 1. The lowest BCUT2D eigenvalue weighted by Gasteiger charge is -2.32. The molecule has 1 atom stereocenters. The highest BCUT2D eigenvalue weighted by molar-refractivity contribution is 7.89. The minimum Gasteiger partial charge on any atom is -0.477 e. The van der Waals surface area contributed by atoms with Gasteiger partial charge in [-0.25, -0.2) is 13.2 Å². The number of piperidine rings is 1. The minimum absolute atomic E-state index is 0.0161. The summed E-state index contributed by atoms with van der Waals surface area (Å²) in [5.41, 5.74) is 0. The number of hydrogen-bond donors (Lipinski definition) is 2. The van der Waals surface area contributed by atoms with Gasteiger partial charge in [0.15, 0.2) is 0 Å². The van der Waals surface area contributed by atoms with Crippen LogP contribution in [0.5, 0.6) is 0 Å². The molecule has 0 bridgehead atoms. The Hall–Kier alpha value is -0.960. The number of carboxylic acids is 1. The first kappa shape index (κ1) is 15.4. The van der Waals surface area contributed by atoms with Crippen LogP contribution in [0.4, 0.5) is 0 Å². The molecule has 0 amide bonds. The number of aliphatic hydroxyl groups excluding tert-OH is 1. The highest BCUT2D eigenvalue weighted by Crippen LogP contribution is 2.28. The quantitative estimate of drug-likeness (QED) is 0.870. The SMILES string of the molecule is CC(O)C1CCN(S(=O)(=O)c2csc(C(=O)O)c2)CC1. The second-order valence-electron chi connectivity index (χ2n) is 4.93. The van der Waals surface area contributed by atoms with Gasteiger partial charge in [0, 0.05) is 18.5 Å². The summed E-state index contributed by atoms with van der Waals surface area (Å²) in [6.45, 7) is 2.43. The van der Waals surface area contributed by atoms with Gasteiger partial charge < -0.3 is 10.2 Å². The Labute approximate surface area is 121 Å². The maximum absolute atomic E-state index is 12.4. The summed E-state index contributed by atoms with van der Waals surface area (Å²) in [5, 5.41) is 19.7. The van der Waals surface area contributed by atoms with E-state index < -0.39 is 22.1 Å². The molecule has 1 aromatic rings. The molecule has 1 unspecified atom stereocenters. The fourth-order valence-electron chi connectivity index (χ4n) is 2.31. The standard InChI is InChI=1S/C12H17NO5S2/c1-8(14)9-2-4-13(5-3-9)20(17,18)10-6-11(12(15)16)19-7-10/h6-9,14H,2-5H2,1H3,(H,15,16). The van der Waals surface area contributed by atoms with Gasteiger partial charge in [-0.3, -0.25) is 0 Å². The number of rotatable bonds is 4. The van der Waals surface area contributed by atoms with Crippen LogP contribution in [0.15, 0.2) is 16.3 Å². The number of aliphatic hydroxyl groups is 1. The molecule has 0 aromatic carbocycles. The van der Waals surface area contributed by atoms with Crippen molar-refractivity contribution in [2.45, 2.75) is 30.8 Å². The van der Waals surface area contributed by atoms with E-state index in [1.165, 1.54) is 15.8 Å². The Morgan fingerprint density at radius 1 is 1.45 bits per heavy atom. The van der Waals surface area contributed by atoms with Gasteiger partial charge in [0.05, 0.1) is 11.0 Å². The lowest BCUT2D eigenvalue weighted by atomic mass is 9.93. The molecule has 0 saturated carbocycles. The van der Waals surface area contributed by atoms with E-state index in [-0.39, 0.29) is 15.7 Å². The zero-order valence-corrected chi connectivity index (χ0v) is 12.7. The Morgan fingerprint density at radius 2 is 2.05 bits per heavy atom. The maximum atomic E-state index is 12.4. The van der Waals surface area contributed by atoms with Gasteiger partial charge in [0.25, 0.3) is 0 Å². The van der Waals surface area contributed by atoms with Crippen LogP contribution in [0, 0.1) is 5.92 Å². The van der Waals surface area contributed by atoms with E-state index in [9.17, 15) is 18.3 Å². The summed E-state index contributed by atoms with van der Waals surface area (Å²) in [7, 11) is -3.63. The van der Waals surface area contributed by atoms with Crippen molar-refractivity contribution >= 4 is 27.3 Å². The van der Waals surface area contributed by atoms with Gasteiger partial charge in [0.2, 0.25) is 10.0 Å². The maximum Gasteiger partial charge on any atom is 0.345 e. The molecule has 1 aliphatic heterocycles.